The van der Waals surface area contributed by atoms with Gasteiger partial charge in [-0.05, 0) is 57.4 Å². The molecule has 1 rings (SSSR count). The lowest BCUT2D eigenvalue weighted by molar-refractivity contribution is -0.125. The first-order chi connectivity index (χ1) is 11.2. The molecular weight excluding hydrogens is 304 g/mol. The Bertz CT molecular complexity index is 550. The molecule has 134 valence electrons. The molecule has 0 spiro atoms. The van der Waals surface area contributed by atoms with Gasteiger partial charge in [0.1, 0.15) is 11.8 Å². The van der Waals surface area contributed by atoms with Crippen LogP contribution in [0.2, 0.25) is 0 Å². The lowest BCUT2D eigenvalue weighted by Crippen LogP contribution is -2.54. The van der Waals surface area contributed by atoms with Crippen molar-refractivity contribution in [1.82, 2.24) is 10.6 Å². The van der Waals surface area contributed by atoms with Crippen LogP contribution in [0.1, 0.15) is 58.3 Å². The second-order valence-corrected chi connectivity index (χ2v) is 6.88. The van der Waals surface area contributed by atoms with Crippen LogP contribution in [0.15, 0.2) is 24.3 Å². The van der Waals surface area contributed by atoms with Gasteiger partial charge < -0.3 is 15.4 Å². The van der Waals surface area contributed by atoms with Gasteiger partial charge in [-0.1, -0.05) is 20.8 Å². The Morgan fingerprint density at radius 1 is 1.12 bits per heavy atom. The summed E-state index contributed by atoms with van der Waals surface area (Å²) in [5.74, 6) is 0.290. The molecule has 1 aromatic carbocycles. The molecule has 0 aliphatic rings. The molecule has 2 amide bonds. The average Bonchev–Trinajstić information content (AvgIpc) is 2.52. The normalized spacial score (nSPS) is 12.6. The van der Waals surface area contributed by atoms with Crippen molar-refractivity contribution >= 4 is 11.8 Å². The van der Waals surface area contributed by atoms with Gasteiger partial charge in [0.25, 0.3) is 5.91 Å². The number of ether oxygens (including phenoxy) is 1. The number of benzene rings is 1. The maximum Gasteiger partial charge on any atom is 0.251 e. The third-order valence-corrected chi connectivity index (χ3v) is 4.01. The Balaban J connectivity index is 2.80. The number of carbonyl (C=O) groups is 2. The van der Waals surface area contributed by atoms with Crippen LogP contribution in [0.25, 0.3) is 0 Å². The highest BCUT2D eigenvalue weighted by molar-refractivity contribution is 5.97. The Kier molecular flexibility index (Phi) is 7.26. The highest BCUT2D eigenvalue weighted by Gasteiger charge is 2.28. The third kappa shape index (κ3) is 5.87. The molecule has 0 radical (unpaired) electrons. The summed E-state index contributed by atoms with van der Waals surface area (Å²) >= 11 is 0. The molecule has 0 aliphatic heterocycles. The van der Waals surface area contributed by atoms with Crippen LogP contribution in [0.5, 0.6) is 5.75 Å². The molecular formula is C19H30N2O3. The number of rotatable bonds is 8. The topological polar surface area (TPSA) is 67.4 Å². The molecule has 0 fully saturated rings. The molecule has 0 bridgehead atoms. The summed E-state index contributed by atoms with van der Waals surface area (Å²) in [4.78, 5) is 25.0. The average molecular weight is 334 g/mol. The molecule has 5 heteroatoms. The summed E-state index contributed by atoms with van der Waals surface area (Å²) in [6, 6.07) is 6.33. The lowest BCUT2D eigenvalue weighted by Gasteiger charge is -2.29. The van der Waals surface area contributed by atoms with Crippen molar-refractivity contribution in [3.8, 4) is 5.75 Å². The first-order valence-electron chi connectivity index (χ1n) is 8.56. The first-order valence-corrected chi connectivity index (χ1v) is 8.56. The molecule has 5 nitrogen and oxygen atoms in total. The van der Waals surface area contributed by atoms with Crippen molar-refractivity contribution < 1.29 is 14.3 Å². The Morgan fingerprint density at radius 2 is 1.71 bits per heavy atom. The molecule has 0 aromatic heterocycles. The fraction of sp³-hybridized carbons (Fsp3) is 0.579. The van der Waals surface area contributed by atoms with Crippen LogP contribution in [0.3, 0.4) is 0 Å². The van der Waals surface area contributed by atoms with E-state index >= 15 is 0 Å². The van der Waals surface area contributed by atoms with Crippen LogP contribution >= 0.6 is 0 Å². The zero-order valence-corrected chi connectivity index (χ0v) is 15.6. The van der Waals surface area contributed by atoms with Crippen LogP contribution < -0.4 is 15.4 Å². The number of amides is 2. The summed E-state index contributed by atoms with van der Waals surface area (Å²) in [5, 5.41) is 5.84. The number of hydrogen-bond donors (Lipinski definition) is 2. The highest BCUT2D eigenvalue weighted by Crippen LogP contribution is 2.14. The summed E-state index contributed by atoms with van der Waals surface area (Å²) in [6.07, 6.45) is 0.816. The van der Waals surface area contributed by atoms with Crippen molar-refractivity contribution in [2.45, 2.75) is 59.5 Å². The maximum absolute atomic E-state index is 12.5. The Labute approximate surface area is 145 Å². The minimum atomic E-state index is -0.574. The predicted octanol–water partition coefficient (Wildman–Crippen LogP) is 3.14. The maximum atomic E-state index is 12.5. The monoisotopic (exact) mass is 334 g/mol. The van der Waals surface area contributed by atoms with Gasteiger partial charge in [-0.25, -0.2) is 0 Å². The number of nitrogens with one attached hydrogen (secondary N) is 2. The zero-order chi connectivity index (χ0) is 18.3. The van der Waals surface area contributed by atoms with Crippen molar-refractivity contribution in [3.05, 3.63) is 29.8 Å². The molecule has 0 saturated carbocycles. The molecule has 0 aliphatic carbocycles. The van der Waals surface area contributed by atoms with E-state index in [9.17, 15) is 9.59 Å². The standard InChI is InChI=1S/C19H30N2O3/c1-7-19(5,6)21-18(23)16(13(3)4)20-17(22)14-9-11-15(12-10-14)24-8-2/h9-13,16H,7-8H2,1-6H3,(H,20,22)(H,21,23)/t16-/m0/s1. The second kappa shape index (κ2) is 8.71. The highest BCUT2D eigenvalue weighted by atomic mass is 16.5. The van der Waals surface area contributed by atoms with E-state index in [4.69, 9.17) is 4.74 Å². The van der Waals surface area contributed by atoms with E-state index in [0.29, 0.717) is 12.2 Å². The van der Waals surface area contributed by atoms with Crippen molar-refractivity contribution in [1.29, 1.82) is 0 Å². The van der Waals surface area contributed by atoms with Crippen LogP contribution in [-0.4, -0.2) is 30.0 Å². The Morgan fingerprint density at radius 3 is 2.17 bits per heavy atom. The zero-order valence-electron chi connectivity index (χ0n) is 15.6. The third-order valence-electron chi connectivity index (χ3n) is 4.01. The van der Waals surface area contributed by atoms with Gasteiger partial charge in [0.15, 0.2) is 0 Å². The smallest absolute Gasteiger partial charge is 0.251 e. The van der Waals surface area contributed by atoms with E-state index in [0.717, 1.165) is 12.2 Å². The van der Waals surface area contributed by atoms with Gasteiger partial charge in [0.2, 0.25) is 5.91 Å². The second-order valence-electron chi connectivity index (χ2n) is 6.88. The predicted molar refractivity (Wildman–Crippen MR) is 96.2 cm³/mol. The summed E-state index contributed by atoms with van der Waals surface area (Å²) in [5.41, 5.74) is 0.209. The van der Waals surface area contributed by atoms with Crippen LogP contribution in [0, 0.1) is 5.92 Å². The largest absolute Gasteiger partial charge is 0.494 e. The molecule has 1 atom stereocenters. The Hall–Kier alpha value is -2.04. The lowest BCUT2D eigenvalue weighted by atomic mass is 9.98. The van der Waals surface area contributed by atoms with Gasteiger partial charge in [0, 0.05) is 11.1 Å². The molecule has 24 heavy (non-hydrogen) atoms. The van der Waals surface area contributed by atoms with E-state index in [1.165, 1.54) is 0 Å². The molecule has 0 heterocycles. The van der Waals surface area contributed by atoms with Crippen LogP contribution in [0.4, 0.5) is 0 Å². The van der Waals surface area contributed by atoms with Gasteiger partial charge >= 0.3 is 0 Å². The van der Waals surface area contributed by atoms with E-state index in [2.05, 4.69) is 10.6 Å². The van der Waals surface area contributed by atoms with Crippen LogP contribution in [-0.2, 0) is 4.79 Å². The van der Waals surface area contributed by atoms with Gasteiger partial charge in [0.05, 0.1) is 6.61 Å². The first kappa shape index (κ1) is 20.0. The van der Waals surface area contributed by atoms with E-state index < -0.39 is 6.04 Å². The van der Waals surface area contributed by atoms with Crippen molar-refractivity contribution in [2.75, 3.05) is 6.61 Å². The fourth-order valence-electron chi connectivity index (χ4n) is 2.13. The molecule has 0 saturated heterocycles. The van der Waals surface area contributed by atoms with Gasteiger partial charge in [-0.15, -0.1) is 0 Å². The summed E-state index contributed by atoms with van der Waals surface area (Å²) in [6.45, 7) is 12.3. The number of carbonyl (C=O) groups excluding carboxylic acids is 2. The molecule has 2 N–H and O–H groups in total. The summed E-state index contributed by atoms with van der Waals surface area (Å²) < 4.78 is 5.37. The van der Waals surface area contributed by atoms with Gasteiger partial charge in [-0.2, -0.15) is 0 Å². The molecule has 0 unspecified atom stereocenters. The van der Waals surface area contributed by atoms with E-state index in [1.807, 2.05) is 41.5 Å². The SMILES string of the molecule is CCOc1ccc(C(=O)N[C@H](C(=O)NC(C)(C)CC)C(C)C)cc1. The van der Waals surface area contributed by atoms with Crippen molar-refractivity contribution in [3.63, 3.8) is 0 Å². The molecule has 1 aromatic rings. The summed E-state index contributed by atoms with van der Waals surface area (Å²) in [7, 11) is 0. The number of hydrogen-bond acceptors (Lipinski definition) is 3. The van der Waals surface area contributed by atoms with Gasteiger partial charge in [-0.3, -0.25) is 9.59 Å². The fourth-order valence-corrected chi connectivity index (χ4v) is 2.13. The van der Waals surface area contributed by atoms with E-state index in [-0.39, 0.29) is 23.3 Å². The quantitative estimate of drug-likeness (QED) is 0.767. The minimum Gasteiger partial charge on any atom is -0.494 e. The minimum absolute atomic E-state index is 0.00990. The van der Waals surface area contributed by atoms with E-state index in [1.54, 1.807) is 24.3 Å². The van der Waals surface area contributed by atoms with Crippen molar-refractivity contribution in [2.24, 2.45) is 5.92 Å².